The van der Waals surface area contributed by atoms with E-state index in [0.717, 1.165) is 4.90 Å². The Bertz CT molecular complexity index is 617. The number of hydrogen-bond donors (Lipinski definition) is 2. The first-order valence-electron chi connectivity index (χ1n) is 6.05. The summed E-state index contributed by atoms with van der Waals surface area (Å²) in [5, 5.41) is 18.3. The van der Waals surface area contributed by atoms with E-state index >= 15 is 0 Å². The van der Waals surface area contributed by atoms with Crippen LogP contribution in [0.5, 0.6) is 5.75 Å². The van der Waals surface area contributed by atoms with E-state index in [0.29, 0.717) is 5.02 Å². The summed E-state index contributed by atoms with van der Waals surface area (Å²) in [5.74, 6) is -2.93. The van der Waals surface area contributed by atoms with Gasteiger partial charge in [-0.05, 0) is 25.1 Å². The Balaban J connectivity index is 2.49. The molecule has 8 heteroatoms. The summed E-state index contributed by atoms with van der Waals surface area (Å²) in [6.45, 7) is 1.33. The summed E-state index contributed by atoms with van der Waals surface area (Å²) in [7, 11) is 0. The highest BCUT2D eigenvalue weighted by atomic mass is 35.5. The van der Waals surface area contributed by atoms with Crippen molar-refractivity contribution in [2.45, 2.75) is 25.5 Å². The summed E-state index contributed by atoms with van der Waals surface area (Å²) in [6, 6.07) is 3.22. The van der Waals surface area contributed by atoms with Crippen molar-refractivity contribution < 1.29 is 29.3 Å². The molecule has 2 N–H and O–H groups in total. The van der Waals surface area contributed by atoms with Crippen LogP contribution in [0.15, 0.2) is 18.2 Å². The number of carbonyl (C=O) groups is 3. The van der Waals surface area contributed by atoms with Gasteiger partial charge in [-0.25, -0.2) is 4.79 Å². The Hall–Kier alpha value is -2.28. The van der Waals surface area contributed by atoms with Gasteiger partial charge in [0.1, 0.15) is 11.8 Å². The van der Waals surface area contributed by atoms with Crippen molar-refractivity contribution in [3.63, 3.8) is 0 Å². The minimum atomic E-state index is -1.27. The number of hydrogen-bond acceptors (Lipinski definition) is 4. The number of carboxylic acid groups (broad SMARTS) is 2. The van der Waals surface area contributed by atoms with Gasteiger partial charge < -0.3 is 14.9 Å². The highest BCUT2D eigenvalue weighted by Gasteiger charge is 2.40. The maximum Gasteiger partial charge on any atom is 0.326 e. The molecular weight excluding hydrogens is 302 g/mol. The molecule has 0 bridgehead atoms. The molecule has 1 aromatic carbocycles. The first-order valence-corrected chi connectivity index (χ1v) is 6.43. The predicted octanol–water partition coefficient (Wildman–Crippen LogP) is 1.38. The van der Waals surface area contributed by atoms with Gasteiger partial charge in [0.25, 0.3) is 5.91 Å². The van der Waals surface area contributed by atoms with Crippen LogP contribution >= 0.6 is 11.6 Å². The summed E-state index contributed by atoms with van der Waals surface area (Å²) in [5.41, 5.74) is 0.212. The van der Waals surface area contributed by atoms with Gasteiger partial charge in [-0.1, -0.05) is 11.6 Å². The van der Waals surface area contributed by atoms with E-state index < -0.39 is 36.4 Å². The smallest absolute Gasteiger partial charge is 0.326 e. The van der Waals surface area contributed by atoms with E-state index in [-0.39, 0.29) is 11.4 Å². The molecule has 21 heavy (non-hydrogen) atoms. The lowest BCUT2D eigenvalue weighted by atomic mass is 10.1. The van der Waals surface area contributed by atoms with Gasteiger partial charge in [0, 0.05) is 5.02 Å². The maximum atomic E-state index is 12.3. The van der Waals surface area contributed by atoms with Crippen LogP contribution in [-0.4, -0.2) is 40.2 Å². The number of rotatable bonds is 4. The van der Waals surface area contributed by atoms with E-state index in [1.54, 1.807) is 0 Å². The van der Waals surface area contributed by atoms with Crippen molar-refractivity contribution in [3.8, 4) is 5.75 Å². The Morgan fingerprint density at radius 3 is 2.67 bits per heavy atom. The lowest BCUT2D eigenvalue weighted by molar-refractivity contribution is -0.144. The third-order valence-corrected chi connectivity index (χ3v) is 3.30. The largest absolute Gasteiger partial charge is 0.481 e. The fourth-order valence-corrected chi connectivity index (χ4v) is 2.22. The second kappa shape index (κ2) is 5.61. The molecule has 0 aromatic heterocycles. The van der Waals surface area contributed by atoms with Crippen molar-refractivity contribution >= 4 is 35.1 Å². The van der Waals surface area contributed by atoms with Crippen LogP contribution < -0.4 is 9.64 Å². The second-order valence-corrected chi connectivity index (χ2v) is 4.98. The molecule has 0 radical (unpaired) electrons. The molecule has 112 valence electrons. The van der Waals surface area contributed by atoms with Crippen molar-refractivity contribution in [1.82, 2.24) is 0 Å². The minimum absolute atomic E-state index is 0.212. The molecule has 1 aromatic rings. The second-order valence-electron chi connectivity index (χ2n) is 4.54. The Kier molecular flexibility index (Phi) is 4.04. The zero-order valence-corrected chi connectivity index (χ0v) is 11.7. The van der Waals surface area contributed by atoms with Gasteiger partial charge in [0.15, 0.2) is 6.10 Å². The number of benzene rings is 1. The lowest BCUT2D eigenvalue weighted by Crippen LogP contribution is -2.52. The SMILES string of the molecule is CC(C(=O)O)N1C(=O)C(CC(=O)O)Oc2ccc(Cl)cc21. The molecule has 0 spiro atoms. The number of anilines is 1. The Morgan fingerprint density at radius 1 is 1.43 bits per heavy atom. The molecule has 7 nitrogen and oxygen atoms in total. The Labute approximate surface area is 124 Å². The van der Waals surface area contributed by atoms with E-state index in [1.165, 1.54) is 25.1 Å². The fourth-order valence-electron chi connectivity index (χ4n) is 2.05. The topological polar surface area (TPSA) is 104 Å². The zero-order valence-electron chi connectivity index (χ0n) is 10.9. The summed E-state index contributed by atoms with van der Waals surface area (Å²) < 4.78 is 5.35. The third-order valence-electron chi connectivity index (χ3n) is 3.07. The number of fused-ring (bicyclic) bond motifs is 1. The summed E-state index contributed by atoms with van der Waals surface area (Å²) in [6.07, 6.45) is -1.82. The maximum absolute atomic E-state index is 12.3. The monoisotopic (exact) mass is 313 g/mol. The first-order chi connectivity index (χ1) is 9.81. The van der Waals surface area contributed by atoms with Gasteiger partial charge in [0.05, 0.1) is 12.1 Å². The molecular formula is C13H12ClNO6. The average Bonchev–Trinajstić information content (AvgIpc) is 2.39. The molecule has 0 aliphatic carbocycles. The van der Waals surface area contributed by atoms with Gasteiger partial charge >= 0.3 is 11.9 Å². The summed E-state index contributed by atoms with van der Waals surface area (Å²) >= 11 is 5.86. The molecule has 0 fully saturated rings. The quantitative estimate of drug-likeness (QED) is 0.870. The van der Waals surface area contributed by atoms with Crippen LogP contribution in [0.1, 0.15) is 13.3 Å². The van der Waals surface area contributed by atoms with E-state index in [2.05, 4.69) is 0 Å². The number of aliphatic carboxylic acids is 2. The van der Waals surface area contributed by atoms with Crippen molar-refractivity contribution in [3.05, 3.63) is 23.2 Å². The van der Waals surface area contributed by atoms with Crippen LogP contribution in [-0.2, 0) is 14.4 Å². The van der Waals surface area contributed by atoms with E-state index in [9.17, 15) is 14.4 Å². The first kappa shape index (κ1) is 15.1. The number of halogens is 1. The third kappa shape index (κ3) is 2.92. The molecule has 1 heterocycles. The van der Waals surface area contributed by atoms with Gasteiger partial charge in [0.2, 0.25) is 0 Å². The lowest BCUT2D eigenvalue weighted by Gasteiger charge is -2.36. The normalized spacial score (nSPS) is 18.7. The molecule has 1 amide bonds. The van der Waals surface area contributed by atoms with Crippen LogP contribution in [0.3, 0.4) is 0 Å². The number of carbonyl (C=O) groups excluding carboxylic acids is 1. The van der Waals surface area contributed by atoms with Crippen molar-refractivity contribution in [1.29, 1.82) is 0 Å². The highest BCUT2D eigenvalue weighted by Crippen LogP contribution is 2.38. The van der Waals surface area contributed by atoms with Crippen LogP contribution in [0, 0.1) is 0 Å². The van der Waals surface area contributed by atoms with Crippen molar-refractivity contribution in [2.75, 3.05) is 4.90 Å². The molecule has 0 saturated heterocycles. The molecule has 1 aliphatic heterocycles. The van der Waals surface area contributed by atoms with E-state index in [1.807, 2.05) is 0 Å². The molecule has 0 saturated carbocycles. The van der Waals surface area contributed by atoms with Crippen molar-refractivity contribution in [2.24, 2.45) is 0 Å². The number of ether oxygens (including phenoxy) is 1. The van der Waals surface area contributed by atoms with Gasteiger partial charge in [-0.15, -0.1) is 0 Å². The molecule has 2 unspecified atom stereocenters. The van der Waals surface area contributed by atoms with Gasteiger partial charge in [-0.2, -0.15) is 0 Å². The van der Waals surface area contributed by atoms with Crippen LogP contribution in [0.4, 0.5) is 5.69 Å². The number of nitrogens with zero attached hydrogens (tertiary/aromatic N) is 1. The predicted molar refractivity (Wildman–Crippen MR) is 72.7 cm³/mol. The van der Waals surface area contributed by atoms with E-state index in [4.69, 9.17) is 26.6 Å². The summed E-state index contributed by atoms with van der Waals surface area (Å²) in [4.78, 5) is 35.3. The average molecular weight is 314 g/mol. The van der Waals surface area contributed by atoms with Crippen LogP contribution in [0.2, 0.25) is 5.02 Å². The van der Waals surface area contributed by atoms with Gasteiger partial charge in [-0.3, -0.25) is 14.5 Å². The van der Waals surface area contributed by atoms with Crippen LogP contribution in [0.25, 0.3) is 0 Å². The number of carboxylic acids is 2. The Morgan fingerprint density at radius 2 is 2.10 bits per heavy atom. The molecule has 2 rings (SSSR count). The zero-order chi connectivity index (χ0) is 15.7. The number of amides is 1. The minimum Gasteiger partial charge on any atom is -0.481 e. The highest BCUT2D eigenvalue weighted by molar-refractivity contribution is 6.31. The molecule has 2 atom stereocenters. The molecule has 1 aliphatic rings. The fraction of sp³-hybridized carbons (Fsp3) is 0.308. The standard InChI is InChI=1S/C13H12ClNO6/c1-6(13(19)20)15-8-4-7(14)2-3-9(8)21-10(12(15)18)5-11(16)17/h2-4,6,10H,5H2,1H3,(H,16,17)(H,19,20).